The summed E-state index contributed by atoms with van der Waals surface area (Å²) >= 11 is 0. The molecule has 1 atom stereocenters. The number of rotatable bonds is 7. The molecule has 0 bridgehead atoms. The molecule has 0 radical (unpaired) electrons. The van der Waals surface area contributed by atoms with Crippen molar-refractivity contribution in [3.8, 4) is 0 Å². The molecule has 1 unspecified atom stereocenters. The molecule has 0 aromatic carbocycles. The standard InChI is InChI=1S/C12H20N2O/c1-3-5-6-11(4-2)9-14-8-7-13-12(14)10-15/h7-8,10-11H,3-6,9H2,1-2H3. The third kappa shape index (κ3) is 3.50. The van der Waals surface area contributed by atoms with Gasteiger partial charge in [0.2, 0.25) is 0 Å². The molecule has 1 aromatic heterocycles. The number of carbonyl (C=O) groups is 1. The number of imidazole rings is 1. The van der Waals surface area contributed by atoms with Crippen molar-refractivity contribution in [1.29, 1.82) is 0 Å². The number of unbranched alkanes of at least 4 members (excludes halogenated alkanes) is 1. The molecule has 3 nitrogen and oxygen atoms in total. The summed E-state index contributed by atoms with van der Waals surface area (Å²) in [6, 6.07) is 0. The Balaban J connectivity index is 2.54. The molecule has 1 aromatic rings. The van der Waals surface area contributed by atoms with E-state index >= 15 is 0 Å². The number of nitrogens with zero attached hydrogens (tertiary/aromatic N) is 2. The van der Waals surface area contributed by atoms with E-state index in [2.05, 4.69) is 18.8 Å². The van der Waals surface area contributed by atoms with Gasteiger partial charge in [-0.2, -0.15) is 0 Å². The summed E-state index contributed by atoms with van der Waals surface area (Å²) in [6.45, 7) is 5.34. The van der Waals surface area contributed by atoms with E-state index in [0.717, 1.165) is 19.3 Å². The molecule has 1 heterocycles. The number of hydrogen-bond donors (Lipinski definition) is 0. The van der Waals surface area contributed by atoms with Crippen LogP contribution in [0.15, 0.2) is 12.4 Å². The van der Waals surface area contributed by atoms with Crippen LogP contribution in [0.3, 0.4) is 0 Å². The first-order chi connectivity index (χ1) is 7.31. The highest BCUT2D eigenvalue weighted by atomic mass is 16.1. The van der Waals surface area contributed by atoms with Gasteiger partial charge in [0.25, 0.3) is 0 Å². The van der Waals surface area contributed by atoms with Crippen molar-refractivity contribution in [3.05, 3.63) is 18.2 Å². The van der Waals surface area contributed by atoms with Gasteiger partial charge < -0.3 is 4.57 Å². The average Bonchev–Trinajstić information content (AvgIpc) is 2.71. The van der Waals surface area contributed by atoms with Gasteiger partial charge >= 0.3 is 0 Å². The van der Waals surface area contributed by atoms with Crippen LogP contribution in [-0.2, 0) is 6.54 Å². The van der Waals surface area contributed by atoms with E-state index in [1.807, 2.05) is 10.8 Å². The van der Waals surface area contributed by atoms with Crippen molar-refractivity contribution >= 4 is 6.29 Å². The second-order valence-corrected chi connectivity index (χ2v) is 3.97. The first kappa shape index (κ1) is 12.0. The van der Waals surface area contributed by atoms with Gasteiger partial charge in [0.05, 0.1) is 0 Å². The highest BCUT2D eigenvalue weighted by molar-refractivity contribution is 5.69. The van der Waals surface area contributed by atoms with Gasteiger partial charge in [0, 0.05) is 18.9 Å². The van der Waals surface area contributed by atoms with Crippen molar-refractivity contribution in [2.45, 2.75) is 46.1 Å². The van der Waals surface area contributed by atoms with Crippen molar-refractivity contribution in [1.82, 2.24) is 9.55 Å². The zero-order valence-electron chi connectivity index (χ0n) is 9.65. The van der Waals surface area contributed by atoms with E-state index < -0.39 is 0 Å². The van der Waals surface area contributed by atoms with E-state index in [1.165, 1.54) is 19.3 Å². The van der Waals surface area contributed by atoms with E-state index in [-0.39, 0.29) is 0 Å². The molecule has 15 heavy (non-hydrogen) atoms. The molecule has 0 fully saturated rings. The monoisotopic (exact) mass is 208 g/mol. The summed E-state index contributed by atoms with van der Waals surface area (Å²) in [5, 5.41) is 0. The van der Waals surface area contributed by atoms with Crippen LogP contribution in [0.5, 0.6) is 0 Å². The number of hydrogen-bond acceptors (Lipinski definition) is 2. The number of carbonyl (C=O) groups excluding carboxylic acids is 1. The fourth-order valence-corrected chi connectivity index (χ4v) is 1.79. The van der Waals surface area contributed by atoms with Gasteiger partial charge in [0.15, 0.2) is 12.1 Å². The zero-order chi connectivity index (χ0) is 11.1. The quantitative estimate of drug-likeness (QED) is 0.646. The van der Waals surface area contributed by atoms with E-state index in [4.69, 9.17) is 0 Å². The van der Waals surface area contributed by atoms with Crippen LogP contribution in [0.25, 0.3) is 0 Å². The predicted octanol–water partition coefficient (Wildman–Crippen LogP) is 2.91. The predicted molar refractivity (Wildman–Crippen MR) is 60.9 cm³/mol. The summed E-state index contributed by atoms with van der Waals surface area (Å²) < 4.78 is 1.96. The normalized spacial score (nSPS) is 12.7. The molecule has 0 saturated heterocycles. The fourth-order valence-electron chi connectivity index (χ4n) is 1.79. The maximum absolute atomic E-state index is 10.7. The molecule has 0 N–H and O–H groups in total. The topological polar surface area (TPSA) is 34.9 Å². The SMILES string of the molecule is CCCCC(CC)Cn1ccnc1C=O. The minimum Gasteiger partial charge on any atom is -0.328 e. The van der Waals surface area contributed by atoms with Gasteiger partial charge in [-0.3, -0.25) is 4.79 Å². The van der Waals surface area contributed by atoms with Gasteiger partial charge in [0.1, 0.15) is 0 Å². The first-order valence-electron chi connectivity index (χ1n) is 5.78. The Morgan fingerprint density at radius 3 is 2.93 bits per heavy atom. The van der Waals surface area contributed by atoms with Crippen molar-refractivity contribution in [2.24, 2.45) is 5.92 Å². The molecule has 1 rings (SSSR count). The Bertz CT molecular complexity index is 294. The van der Waals surface area contributed by atoms with Crippen LogP contribution in [0, 0.1) is 5.92 Å². The molecule has 84 valence electrons. The highest BCUT2D eigenvalue weighted by Gasteiger charge is 2.09. The number of aromatic nitrogens is 2. The van der Waals surface area contributed by atoms with E-state index in [0.29, 0.717) is 11.7 Å². The van der Waals surface area contributed by atoms with Crippen LogP contribution in [-0.4, -0.2) is 15.8 Å². The third-order valence-electron chi connectivity index (χ3n) is 2.85. The molecule has 3 heteroatoms. The minimum absolute atomic E-state index is 0.546. The highest BCUT2D eigenvalue weighted by Crippen LogP contribution is 2.15. The Morgan fingerprint density at radius 2 is 2.33 bits per heavy atom. The lowest BCUT2D eigenvalue weighted by Crippen LogP contribution is -2.11. The Kier molecular flexibility index (Phi) is 5.08. The molecule has 0 amide bonds. The lowest BCUT2D eigenvalue weighted by molar-refractivity contribution is 0.111. The lowest BCUT2D eigenvalue weighted by Gasteiger charge is -2.15. The van der Waals surface area contributed by atoms with Gasteiger partial charge in [-0.25, -0.2) is 4.98 Å². The lowest BCUT2D eigenvalue weighted by atomic mass is 9.99. The third-order valence-corrected chi connectivity index (χ3v) is 2.85. The smallest absolute Gasteiger partial charge is 0.185 e. The minimum atomic E-state index is 0.546. The fraction of sp³-hybridized carbons (Fsp3) is 0.667. The maximum Gasteiger partial charge on any atom is 0.185 e. The summed E-state index contributed by atoms with van der Waals surface area (Å²) in [5.41, 5.74) is 0. The van der Waals surface area contributed by atoms with Crippen LogP contribution in [0.2, 0.25) is 0 Å². The average molecular weight is 208 g/mol. The first-order valence-corrected chi connectivity index (χ1v) is 5.78. The second kappa shape index (κ2) is 6.38. The Labute approximate surface area is 91.5 Å². The molecule has 0 saturated carbocycles. The van der Waals surface area contributed by atoms with Crippen LogP contribution in [0.4, 0.5) is 0 Å². The van der Waals surface area contributed by atoms with Gasteiger partial charge in [-0.05, 0) is 12.3 Å². The Morgan fingerprint density at radius 1 is 1.53 bits per heavy atom. The van der Waals surface area contributed by atoms with E-state index in [1.54, 1.807) is 6.20 Å². The van der Waals surface area contributed by atoms with Gasteiger partial charge in [-0.1, -0.05) is 33.1 Å². The van der Waals surface area contributed by atoms with E-state index in [9.17, 15) is 4.79 Å². The second-order valence-electron chi connectivity index (χ2n) is 3.97. The summed E-state index contributed by atoms with van der Waals surface area (Å²) in [5.74, 6) is 1.21. The molecular weight excluding hydrogens is 188 g/mol. The molecule has 0 aliphatic rings. The van der Waals surface area contributed by atoms with Crippen molar-refractivity contribution < 1.29 is 4.79 Å². The van der Waals surface area contributed by atoms with Crippen molar-refractivity contribution in [2.75, 3.05) is 0 Å². The molecular formula is C12H20N2O. The summed E-state index contributed by atoms with van der Waals surface area (Å²) in [6.07, 6.45) is 9.31. The van der Waals surface area contributed by atoms with Gasteiger partial charge in [-0.15, -0.1) is 0 Å². The molecule has 0 spiro atoms. The van der Waals surface area contributed by atoms with Crippen LogP contribution < -0.4 is 0 Å². The zero-order valence-corrected chi connectivity index (χ0v) is 9.65. The maximum atomic E-state index is 10.7. The summed E-state index contributed by atoms with van der Waals surface area (Å²) in [7, 11) is 0. The summed E-state index contributed by atoms with van der Waals surface area (Å²) in [4.78, 5) is 14.7. The molecule has 0 aliphatic carbocycles. The largest absolute Gasteiger partial charge is 0.328 e. The van der Waals surface area contributed by atoms with Crippen LogP contribution in [0.1, 0.15) is 50.1 Å². The van der Waals surface area contributed by atoms with Crippen LogP contribution >= 0.6 is 0 Å². The Hall–Kier alpha value is -1.12. The molecule has 0 aliphatic heterocycles. The van der Waals surface area contributed by atoms with Crippen molar-refractivity contribution in [3.63, 3.8) is 0 Å². The number of aldehydes is 1.